The van der Waals surface area contributed by atoms with Crippen LogP contribution in [-0.4, -0.2) is 59.6 Å². The first-order valence-corrected chi connectivity index (χ1v) is 8.59. The fraction of sp³-hybridized carbons (Fsp3) is 0.316. The average Bonchev–Trinajstić information content (AvgIpc) is 2.68. The van der Waals surface area contributed by atoms with Crippen molar-refractivity contribution in [2.24, 2.45) is 0 Å². The molecular weight excluding hydrogens is 332 g/mol. The number of carboxylic acids is 1. The molecule has 1 fully saturated rings. The van der Waals surface area contributed by atoms with E-state index in [1.54, 1.807) is 30.5 Å². The molecule has 0 aliphatic carbocycles. The minimum Gasteiger partial charge on any atom is -0.478 e. The van der Waals surface area contributed by atoms with Gasteiger partial charge >= 0.3 is 5.97 Å². The first-order valence-electron chi connectivity index (χ1n) is 8.59. The number of amides is 1. The van der Waals surface area contributed by atoms with Gasteiger partial charge in [-0.3, -0.25) is 9.69 Å². The van der Waals surface area contributed by atoms with Crippen molar-refractivity contribution >= 4 is 17.7 Å². The lowest BCUT2D eigenvalue weighted by molar-refractivity contribution is -0.122. The van der Waals surface area contributed by atoms with E-state index in [9.17, 15) is 9.59 Å². The van der Waals surface area contributed by atoms with Crippen molar-refractivity contribution in [2.75, 3.05) is 37.6 Å². The van der Waals surface area contributed by atoms with Crippen LogP contribution in [0.1, 0.15) is 15.9 Å². The molecule has 0 spiro atoms. The molecule has 0 bridgehead atoms. The summed E-state index contributed by atoms with van der Waals surface area (Å²) in [6.45, 7) is 4.09. The molecule has 26 heavy (non-hydrogen) atoms. The summed E-state index contributed by atoms with van der Waals surface area (Å²) in [5.74, 6) is -0.00885. The van der Waals surface area contributed by atoms with Gasteiger partial charge in [0.25, 0.3) is 0 Å². The molecule has 1 aromatic heterocycles. The van der Waals surface area contributed by atoms with Crippen LogP contribution >= 0.6 is 0 Å². The van der Waals surface area contributed by atoms with Crippen LogP contribution in [-0.2, 0) is 11.3 Å². The predicted octanol–water partition coefficient (Wildman–Crippen LogP) is 1.22. The summed E-state index contributed by atoms with van der Waals surface area (Å²) in [6, 6.07) is 12.4. The first-order chi connectivity index (χ1) is 12.6. The number of aromatic nitrogens is 1. The van der Waals surface area contributed by atoms with Crippen LogP contribution in [0.4, 0.5) is 5.82 Å². The summed E-state index contributed by atoms with van der Waals surface area (Å²) >= 11 is 0. The van der Waals surface area contributed by atoms with Gasteiger partial charge in [-0.15, -0.1) is 0 Å². The minimum atomic E-state index is -0.953. The number of pyridine rings is 1. The lowest BCUT2D eigenvalue weighted by Gasteiger charge is -2.34. The first kappa shape index (κ1) is 17.9. The van der Waals surface area contributed by atoms with E-state index in [-0.39, 0.29) is 11.5 Å². The van der Waals surface area contributed by atoms with Crippen molar-refractivity contribution in [3.8, 4) is 0 Å². The molecule has 2 heterocycles. The molecule has 2 aromatic rings. The maximum absolute atomic E-state index is 12.1. The zero-order valence-electron chi connectivity index (χ0n) is 14.5. The fourth-order valence-corrected chi connectivity index (χ4v) is 2.90. The Bertz CT molecular complexity index is 741. The summed E-state index contributed by atoms with van der Waals surface area (Å²) < 4.78 is 0. The lowest BCUT2D eigenvalue weighted by Crippen LogP contribution is -2.49. The van der Waals surface area contributed by atoms with Gasteiger partial charge < -0.3 is 15.3 Å². The van der Waals surface area contributed by atoms with Crippen molar-refractivity contribution in [1.82, 2.24) is 15.2 Å². The van der Waals surface area contributed by atoms with E-state index in [2.05, 4.69) is 20.1 Å². The van der Waals surface area contributed by atoms with E-state index < -0.39 is 5.97 Å². The number of hydrogen-bond acceptors (Lipinski definition) is 5. The second-order valence-corrected chi connectivity index (χ2v) is 6.23. The third-order valence-electron chi connectivity index (χ3n) is 4.40. The van der Waals surface area contributed by atoms with Gasteiger partial charge in [-0.05, 0) is 29.8 Å². The number of carbonyl (C=O) groups is 2. The number of piperazine rings is 1. The molecule has 1 aliphatic rings. The molecule has 1 saturated heterocycles. The monoisotopic (exact) mass is 354 g/mol. The Morgan fingerprint density at radius 2 is 1.77 bits per heavy atom. The standard InChI is InChI=1S/C19H22N4O3/c24-18(21-13-15-4-6-16(7-5-15)19(25)26)14-22-9-11-23(12-10-22)17-3-1-2-8-20-17/h1-8H,9-14H2,(H,21,24)(H,25,26). The summed E-state index contributed by atoms with van der Waals surface area (Å²) in [5.41, 5.74) is 1.12. The van der Waals surface area contributed by atoms with Gasteiger partial charge in [0, 0.05) is 38.9 Å². The molecule has 3 rings (SSSR count). The van der Waals surface area contributed by atoms with E-state index in [4.69, 9.17) is 5.11 Å². The number of hydrogen-bond donors (Lipinski definition) is 2. The number of nitrogens with one attached hydrogen (secondary N) is 1. The molecule has 0 atom stereocenters. The SMILES string of the molecule is O=C(CN1CCN(c2ccccn2)CC1)NCc1ccc(C(=O)O)cc1. The molecule has 0 radical (unpaired) electrons. The average molecular weight is 354 g/mol. The van der Waals surface area contributed by atoms with Crippen molar-refractivity contribution in [2.45, 2.75) is 6.54 Å². The second-order valence-electron chi connectivity index (χ2n) is 6.23. The van der Waals surface area contributed by atoms with Gasteiger partial charge in [0.2, 0.25) is 5.91 Å². The number of carbonyl (C=O) groups excluding carboxylic acids is 1. The van der Waals surface area contributed by atoms with Crippen molar-refractivity contribution < 1.29 is 14.7 Å². The lowest BCUT2D eigenvalue weighted by atomic mass is 10.1. The van der Waals surface area contributed by atoms with Gasteiger partial charge in [0.05, 0.1) is 12.1 Å². The van der Waals surface area contributed by atoms with Gasteiger partial charge in [-0.2, -0.15) is 0 Å². The third kappa shape index (κ3) is 4.80. The van der Waals surface area contributed by atoms with E-state index in [0.717, 1.165) is 37.6 Å². The number of benzene rings is 1. The van der Waals surface area contributed by atoms with Gasteiger partial charge in [0.1, 0.15) is 5.82 Å². The third-order valence-corrected chi connectivity index (χ3v) is 4.40. The van der Waals surface area contributed by atoms with E-state index >= 15 is 0 Å². The second kappa shape index (κ2) is 8.44. The molecule has 0 unspecified atom stereocenters. The highest BCUT2D eigenvalue weighted by molar-refractivity contribution is 5.87. The van der Waals surface area contributed by atoms with Gasteiger partial charge in [-0.25, -0.2) is 9.78 Å². The number of aromatic carboxylic acids is 1. The normalized spacial score (nSPS) is 14.8. The van der Waals surface area contributed by atoms with Crippen LogP contribution in [0, 0.1) is 0 Å². The highest BCUT2D eigenvalue weighted by atomic mass is 16.4. The zero-order chi connectivity index (χ0) is 18.4. The summed E-state index contributed by atoms with van der Waals surface area (Å²) in [7, 11) is 0. The molecule has 0 saturated carbocycles. The Kier molecular flexibility index (Phi) is 5.80. The molecule has 136 valence electrons. The van der Waals surface area contributed by atoms with Crippen LogP contribution in [0.15, 0.2) is 48.7 Å². The zero-order valence-corrected chi connectivity index (χ0v) is 14.5. The number of rotatable bonds is 6. The number of nitrogens with zero attached hydrogens (tertiary/aromatic N) is 3. The van der Waals surface area contributed by atoms with Crippen LogP contribution in [0.5, 0.6) is 0 Å². The summed E-state index contributed by atoms with van der Waals surface area (Å²) in [5, 5.41) is 11.8. The summed E-state index contributed by atoms with van der Waals surface area (Å²) in [4.78, 5) is 31.7. The van der Waals surface area contributed by atoms with Crippen LogP contribution in [0.2, 0.25) is 0 Å². The Balaban J connectivity index is 1.41. The fourth-order valence-electron chi connectivity index (χ4n) is 2.90. The van der Waals surface area contributed by atoms with Crippen molar-refractivity contribution in [1.29, 1.82) is 0 Å². The van der Waals surface area contributed by atoms with Crippen LogP contribution in [0.25, 0.3) is 0 Å². The Labute approximate surface area is 152 Å². The Hall–Kier alpha value is -2.93. The molecule has 1 aliphatic heterocycles. The van der Waals surface area contributed by atoms with Crippen LogP contribution < -0.4 is 10.2 Å². The topological polar surface area (TPSA) is 85.8 Å². The highest BCUT2D eigenvalue weighted by Crippen LogP contribution is 2.12. The summed E-state index contributed by atoms with van der Waals surface area (Å²) in [6.07, 6.45) is 1.79. The maximum atomic E-state index is 12.1. The molecule has 7 nitrogen and oxygen atoms in total. The van der Waals surface area contributed by atoms with Gasteiger partial charge in [-0.1, -0.05) is 18.2 Å². The minimum absolute atomic E-state index is 0.0291. The number of anilines is 1. The largest absolute Gasteiger partial charge is 0.478 e. The van der Waals surface area contributed by atoms with E-state index in [1.165, 1.54) is 0 Å². The quantitative estimate of drug-likeness (QED) is 0.811. The molecule has 2 N–H and O–H groups in total. The number of carboxylic acid groups (broad SMARTS) is 1. The van der Waals surface area contributed by atoms with E-state index in [1.807, 2.05) is 18.2 Å². The predicted molar refractivity (Wildman–Crippen MR) is 98.1 cm³/mol. The molecule has 1 aromatic carbocycles. The molecule has 1 amide bonds. The molecule has 7 heteroatoms. The van der Waals surface area contributed by atoms with Crippen molar-refractivity contribution in [3.05, 3.63) is 59.8 Å². The highest BCUT2D eigenvalue weighted by Gasteiger charge is 2.19. The molecular formula is C19H22N4O3. The van der Waals surface area contributed by atoms with Gasteiger partial charge in [0.15, 0.2) is 0 Å². The Morgan fingerprint density at radius 1 is 1.04 bits per heavy atom. The van der Waals surface area contributed by atoms with E-state index in [0.29, 0.717) is 13.1 Å². The smallest absolute Gasteiger partial charge is 0.335 e. The van der Waals surface area contributed by atoms with Crippen LogP contribution in [0.3, 0.4) is 0 Å². The maximum Gasteiger partial charge on any atom is 0.335 e. The Morgan fingerprint density at radius 3 is 2.38 bits per heavy atom. The van der Waals surface area contributed by atoms with Crippen molar-refractivity contribution in [3.63, 3.8) is 0 Å².